The summed E-state index contributed by atoms with van der Waals surface area (Å²) in [4.78, 5) is 17.7. The zero-order valence-electron chi connectivity index (χ0n) is 14.0. The number of sulfone groups is 1. The number of amides is 1. The van der Waals surface area contributed by atoms with Gasteiger partial charge in [-0.1, -0.05) is 18.2 Å². The quantitative estimate of drug-likeness (QED) is 0.753. The van der Waals surface area contributed by atoms with E-state index in [1.165, 1.54) is 5.56 Å². The van der Waals surface area contributed by atoms with Crippen molar-refractivity contribution >= 4 is 27.5 Å². The lowest BCUT2D eigenvalue weighted by Gasteiger charge is -2.37. The zero-order valence-corrected chi connectivity index (χ0v) is 15.6. The summed E-state index contributed by atoms with van der Waals surface area (Å²) in [6.45, 7) is 5.01. The van der Waals surface area contributed by atoms with Crippen molar-refractivity contribution in [2.75, 3.05) is 43.4 Å². The van der Waals surface area contributed by atoms with Crippen molar-refractivity contribution in [3.05, 3.63) is 29.8 Å². The minimum absolute atomic E-state index is 0.147. The molecule has 0 bridgehead atoms. The number of hydrogen-bond acceptors (Lipinski definition) is 5. The van der Waals surface area contributed by atoms with E-state index in [0.29, 0.717) is 24.6 Å². The third-order valence-electron chi connectivity index (χ3n) is 4.84. The van der Waals surface area contributed by atoms with Crippen molar-refractivity contribution in [3.8, 4) is 0 Å². The summed E-state index contributed by atoms with van der Waals surface area (Å²) in [7, 11) is -2.84. The number of aryl methyl sites for hydroxylation is 1. The molecule has 2 aliphatic rings. The molecule has 0 aliphatic carbocycles. The first kappa shape index (κ1) is 17.8. The van der Waals surface area contributed by atoms with Crippen LogP contribution in [0.1, 0.15) is 12.0 Å². The third-order valence-corrected chi connectivity index (χ3v) is 7.75. The Balaban J connectivity index is 1.46. The van der Waals surface area contributed by atoms with Gasteiger partial charge < -0.3 is 4.90 Å². The van der Waals surface area contributed by atoms with Crippen molar-refractivity contribution in [1.29, 1.82) is 0 Å². The minimum Gasteiger partial charge on any atom is -0.339 e. The molecule has 0 unspecified atom stereocenters. The van der Waals surface area contributed by atoms with E-state index >= 15 is 0 Å². The van der Waals surface area contributed by atoms with Gasteiger partial charge in [0.15, 0.2) is 9.84 Å². The fraction of sp³-hybridized carbons (Fsp3) is 0.588. The SMILES string of the molecule is Cc1ccccc1SCC(=O)N1CCN([C@H]2CCS(=O)(=O)C2)CC1. The Morgan fingerprint density at radius 2 is 1.92 bits per heavy atom. The Labute approximate surface area is 148 Å². The smallest absolute Gasteiger partial charge is 0.233 e. The maximum Gasteiger partial charge on any atom is 0.233 e. The van der Waals surface area contributed by atoms with Crippen LogP contribution in [0.2, 0.25) is 0 Å². The average Bonchev–Trinajstić information content (AvgIpc) is 2.94. The second-order valence-electron chi connectivity index (χ2n) is 6.53. The first-order valence-electron chi connectivity index (χ1n) is 8.35. The molecule has 7 heteroatoms. The third kappa shape index (κ3) is 4.32. The van der Waals surface area contributed by atoms with E-state index in [-0.39, 0.29) is 17.7 Å². The van der Waals surface area contributed by atoms with E-state index in [9.17, 15) is 13.2 Å². The molecule has 1 atom stereocenters. The van der Waals surface area contributed by atoms with Crippen LogP contribution in [-0.2, 0) is 14.6 Å². The monoisotopic (exact) mass is 368 g/mol. The fourth-order valence-electron chi connectivity index (χ4n) is 3.35. The zero-order chi connectivity index (χ0) is 17.2. The van der Waals surface area contributed by atoms with E-state index in [4.69, 9.17) is 0 Å². The summed E-state index contributed by atoms with van der Waals surface area (Å²) in [5.74, 6) is 1.22. The molecular formula is C17H24N2O3S2. The summed E-state index contributed by atoms with van der Waals surface area (Å²) < 4.78 is 23.2. The van der Waals surface area contributed by atoms with Gasteiger partial charge in [0.1, 0.15) is 0 Å². The second-order valence-corrected chi connectivity index (χ2v) is 9.77. The summed E-state index contributed by atoms with van der Waals surface area (Å²) in [5.41, 5.74) is 1.20. The molecule has 2 aliphatic heterocycles. The lowest BCUT2D eigenvalue weighted by Crippen LogP contribution is -2.52. The van der Waals surface area contributed by atoms with Crippen LogP contribution in [0.4, 0.5) is 0 Å². The molecular weight excluding hydrogens is 344 g/mol. The summed E-state index contributed by atoms with van der Waals surface area (Å²) in [6.07, 6.45) is 0.736. The van der Waals surface area contributed by atoms with Gasteiger partial charge in [0.2, 0.25) is 5.91 Å². The molecule has 1 aromatic rings. The lowest BCUT2D eigenvalue weighted by atomic mass is 10.2. The predicted octanol–water partition coefficient (Wildman–Crippen LogP) is 1.42. The van der Waals surface area contributed by atoms with Crippen LogP contribution in [0, 0.1) is 6.92 Å². The highest BCUT2D eigenvalue weighted by Gasteiger charge is 2.34. The normalized spacial score (nSPS) is 24.2. The Bertz CT molecular complexity index is 698. The van der Waals surface area contributed by atoms with Gasteiger partial charge in [-0.2, -0.15) is 0 Å². The highest BCUT2D eigenvalue weighted by Crippen LogP contribution is 2.23. The van der Waals surface area contributed by atoms with Crippen LogP contribution in [0.5, 0.6) is 0 Å². The lowest BCUT2D eigenvalue weighted by molar-refractivity contribution is -0.130. The molecule has 132 valence electrons. The fourth-order valence-corrected chi connectivity index (χ4v) is 6.04. The highest BCUT2D eigenvalue weighted by atomic mass is 32.2. The van der Waals surface area contributed by atoms with Gasteiger partial charge in [0.05, 0.1) is 17.3 Å². The number of benzene rings is 1. The van der Waals surface area contributed by atoms with E-state index in [1.54, 1.807) is 11.8 Å². The minimum atomic E-state index is -2.84. The van der Waals surface area contributed by atoms with Crippen molar-refractivity contribution in [1.82, 2.24) is 9.80 Å². The maximum atomic E-state index is 12.4. The molecule has 3 rings (SSSR count). The largest absolute Gasteiger partial charge is 0.339 e. The standard InChI is InChI=1S/C17H24N2O3S2/c1-14-4-2-3-5-16(14)23-12-17(20)19-9-7-18(8-10-19)15-6-11-24(21,22)13-15/h2-5,15H,6-13H2,1H3/t15-/m0/s1. The average molecular weight is 369 g/mol. The highest BCUT2D eigenvalue weighted by molar-refractivity contribution is 8.00. The van der Waals surface area contributed by atoms with Crippen molar-refractivity contribution < 1.29 is 13.2 Å². The van der Waals surface area contributed by atoms with Gasteiger partial charge >= 0.3 is 0 Å². The van der Waals surface area contributed by atoms with Gasteiger partial charge in [-0.05, 0) is 25.0 Å². The molecule has 2 heterocycles. The van der Waals surface area contributed by atoms with E-state index in [0.717, 1.165) is 24.4 Å². The molecule has 0 radical (unpaired) electrons. The van der Waals surface area contributed by atoms with Gasteiger partial charge in [0.25, 0.3) is 0 Å². The molecule has 0 N–H and O–H groups in total. The van der Waals surface area contributed by atoms with Crippen LogP contribution in [-0.4, -0.2) is 73.6 Å². The Kier molecular flexibility index (Phi) is 5.52. The number of nitrogens with zero attached hydrogens (tertiary/aromatic N) is 2. The first-order chi connectivity index (χ1) is 11.4. The van der Waals surface area contributed by atoms with Gasteiger partial charge in [-0.15, -0.1) is 11.8 Å². The van der Waals surface area contributed by atoms with E-state index in [1.807, 2.05) is 23.1 Å². The van der Waals surface area contributed by atoms with Crippen molar-refractivity contribution in [2.24, 2.45) is 0 Å². The number of rotatable bonds is 4. The number of carbonyl (C=O) groups is 1. The first-order valence-corrected chi connectivity index (χ1v) is 11.2. The Hall–Kier alpha value is -1.05. The molecule has 2 fully saturated rings. The van der Waals surface area contributed by atoms with Crippen molar-refractivity contribution in [2.45, 2.75) is 24.3 Å². The van der Waals surface area contributed by atoms with Gasteiger partial charge in [-0.3, -0.25) is 9.69 Å². The molecule has 24 heavy (non-hydrogen) atoms. The van der Waals surface area contributed by atoms with Crippen LogP contribution in [0.15, 0.2) is 29.2 Å². The molecule has 0 aromatic heterocycles. The summed E-state index contributed by atoms with van der Waals surface area (Å²) in [5, 5.41) is 0. The Morgan fingerprint density at radius 1 is 1.21 bits per heavy atom. The molecule has 2 saturated heterocycles. The van der Waals surface area contributed by atoms with E-state index < -0.39 is 9.84 Å². The van der Waals surface area contributed by atoms with Crippen LogP contribution >= 0.6 is 11.8 Å². The van der Waals surface area contributed by atoms with E-state index in [2.05, 4.69) is 17.9 Å². The maximum absolute atomic E-state index is 12.4. The topological polar surface area (TPSA) is 57.7 Å². The van der Waals surface area contributed by atoms with Gasteiger partial charge in [-0.25, -0.2) is 8.42 Å². The molecule has 0 spiro atoms. The van der Waals surface area contributed by atoms with Gasteiger partial charge in [0, 0.05) is 37.1 Å². The number of piperazine rings is 1. The van der Waals surface area contributed by atoms with Crippen LogP contribution in [0.25, 0.3) is 0 Å². The molecule has 1 amide bonds. The Morgan fingerprint density at radius 3 is 2.54 bits per heavy atom. The molecule has 0 saturated carbocycles. The summed E-state index contributed by atoms with van der Waals surface area (Å²) in [6, 6.07) is 8.25. The molecule has 5 nitrogen and oxygen atoms in total. The molecule has 1 aromatic carbocycles. The number of thioether (sulfide) groups is 1. The summed E-state index contributed by atoms with van der Waals surface area (Å²) >= 11 is 1.59. The number of hydrogen-bond donors (Lipinski definition) is 0. The second kappa shape index (κ2) is 7.45. The van der Waals surface area contributed by atoms with Crippen molar-refractivity contribution in [3.63, 3.8) is 0 Å². The van der Waals surface area contributed by atoms with Crippen LogP contribution in [0.3, 0.4) is 0 Å². The number of carbonyl (C=O) groups excluding carboxylic acids is 1. The van der Waals surface area contributed by atoms with Crippen LogP contribution < -0.4 is 0 Å². The predicted molar refractivity (Wildman–Crippen MR) is 97.1 cm³/mol.